The van der Waals surface area contributed by atoms with E-state index in [2.05, 4.69) is 14.9 Å². The Labute approximate surface area is 130 Å². The molecule has 0 saturated carbocycles. The van der Waals surface area contributed by atoms with Gasteiger partial charge in [0.2, 0.25) is 0 Å². The molecule has 0 atom stereocenters. The van der Waals surface area contributed by atoms with Crippen molar-refractivity contribution in [1.82, 2.24) is 10.2 Å². The zero-order valence-electron chi connectivity index (χ0n) is 10.5. The van der Waals surface area contributed by atoms with E-state index in [4.69, 9.17) is 23.2 Å². The molecular weight excluding hydrogens is 333 g/mol. The third kappa shape index (κ3) is 2.97. The van der Waals surface area contributed by atoms with Crippen molar-refractivity contribution in [2.24, 2.45) is 0 Å². The SMILES string of the molecule is O=S(=O)(Nc1ccc2[nH]ncc2c1)c1cc(Cl)cc(Cl)c1. The number of nitrogens with zero attached hydrogens (tertiary/aromatic N) is 1. The zero-order chi connectivity index (χ0) is 15.0. The van der Waals surface area contributed by atoms with E-state index in [0.29, 0.717) is 5.69 Å². The van der Waals surface area contributed by atoms with Gasteiger partial charge < -0.3 is 0 Å². The topological polar surface area (TPSA) is 74.8 Å². The van der Waals surface area contributed by atoms with E-state index in [-0.39, 0.29) is 14.9 Å². The van der Waals surface area contributed by atoms with Crippen LogP contribution in [0.3, 0.4) is 0 Å². The number of hydrogen-bond acceptors (Lipinski definition) is 3. The Morgan fingerprint density at radius 3 is 2.48 bits per heavy atom. The van der Waals surface area contributed by atoms with Crippen LogP contribution in [0.2, 0.25) is 10.0 Å². The lowest BCUT2D eigenvalue weighted by molar-refractivity contribution is 0.601. The van der Waals surface area contributed by atoms with Gasteiger partial charge in [0.15, 0.2) is 0 Å². The zero-order valence-corrected chi connectivity index (χ0v) is 12.8. The predicted molar refractivity (Wildman–Crippen MR) is 83.4 cm³/mol. The van der Waals surface area contributed by atoms with Crippen molar-refractivity contribution in [3.8, 4) is 0 Å². The number of hydrogen-bond donors (Lipinski definition) is 2. The van der Waals surface area contributed by atoms with Crippen molar-refractivity contribution in [2.75, 3.05) is 4.72 Å². The third-order valence-electron chi connectivity index (χ3n) is 2.84. The number of H-pyrrole nitrogens is 1. The highest BCUT2D eigenvalue weighted by Gasteiger charge is 2.16. The summed E-state index contributed by atoms with van der Waals surface area (Å²) in [7, 11) is -3.76. The lowest BCUT2D eigenvalue weighted by Crippen LogP contribution is -2.12. The van der Waals surface area contributed by atoms with Crippen molar-refractivity contribution < 1.29 is 8.42 Å². The molecule has 0 fully saturated rings. The van der Waals surface area contributed by atoms with Crippen LogP contribution in [0.1, 0.15) is 0 Å². The van der Waals surface area contributed by atoms with Gasteiger partial charge in [-0.25, -0.2) is 8.42 Å². The Morgan fingerprint density at radius 1 is 1.05 bits per heavy atom. The van der Waals surface area contributed by atoms with Gasteiger partial charge in [0.05, 0.1) is 16.6 Å². The number of fused-ring (bicyclic) bond motifs is 1. The molecule has 3 rings (SSSR count). The summed E-state index contributed by atoms with van der Waals surface area (Å²) in [4.78, 5) is 0.00675. The number of benzene rings is 2. The summed E-state index contributed by atoms with van der Waals surface area (Å²) in [6, 6.07) is 9.22. The highest BCUT2D eigenvalue weighted by atomic mass is 35.5. The quantitative estimate of drug-likeness (QED) is 0.763. The summed E-state index contributed by atoms with van der Waals surface area (Å²) in [5.74, 6) is 0. The van der Waals surface area contributed by atoms with Crippen LogP contribution in [0.25, 0.3) is 10.9 Å². The van der Waals surface area contributed by atoms with Crippen LogP contribution in [-0.4, -0.2) is 18.6 Å². The van der Waals surface area contributed by atoms with E-state index in [0.717, 1.165) is 10.9 Å². The molecule has 108 valence electrons. The van der Waals surface area contributed by atoms with Crippen LogP contribution >= 0.6 is 23.2 Å². The molecule has 3 aromatic rings. The van der Waals surface area contributed by atoms with Crippen LogP contribution in [0.15, 0.2) is 47.5 Å². The summed E-state index contributed by atoms with van der Waals surface area (Å²) in [6.07, 6.45) is 1.61. The maximum Gasteiger partial charge on any atom is 0.261 e. The van der Waals surface area contributed by atoms with Gasteiger partial charge in [0.1, 0.15) is 0 Å². The van der Waals surface area contributed by atoms with E-state index in [9.17, 15) is 8.42 Å². The Kier molecular flexibility index (Phi) is 3.52. The Morgan fingerprint density at radius 2 is 1.76 bits per heavy atom. The summed E-state index contributed by atoms with van der Waals surface area (Å²) < 4.78 is 27.1. The molecule has 1 heterocycles. The first-order chi connectivity index (χ1) is 9.94. The fraction of sp³-hybridized carbons (Fsp3) is 0. The van der Waals surface area contributed by atoms with Gasteiger partial charge >= 0.3 is 0 Å². The summed E-state index contributed by atoms with van der Waals surface area (Å²) in [5, 5.41) is 8.00. The monoisotopic (exact) mass is 341 g/mol. The molecule has 8 heteroatoms. The summed E-state index contributed by atoms with van der Waals surface area (Å²) in [6.45, 7) is 0. The Balaban J connectivity index is 1.98. The van der Waals surface area contributed by atoms with Gasteiger partial charge in [-0.05, 0) is 36.4 Å². The maximum absolute atomic E-state index is 12.3. The molecule has 0 aliphatic heterocycles. The van der Waals surface area contributed by atoms with E-state index in [1.165, 1.54) is 18.2 Å². The number of halogens is 2. The average molecular weight is 342 g/mol. The van der Waals surface area contributed by atoms with Gasteiger partial charge in [-0.1, -0.05) is 23.2 Å². The minimum atomic E-state index is -3.76. The second-order valence-corrected chi connectivity index (χ2v) is 6.94. The second-order valence-electron chi connectivity index (χ2n) is 4.38. The molecule has 0 aliphatic carbocycles. The molecule has 0 aliphatic rings. The van der Waals surface area contributed by atoms with Crippen molar-refractivity contribution in [2.45, 2.75) is 4.90 Å². The van der Waals surface area contributed by atoms with Gasteiger partial charge in [0, 0.05) is 21.1 Å². The van der Waals surface area contributed by atoms with Crippen LogP contribution < -0.4 is 4.72 Å². The van der Waals surface area contributed by atoms with Gasteiger partial charge in [-0.15, -0.1) is 0 Å². The average Bonchev–Trinajstić information content (AvgIpc) is 2.84. The molecule has 1 aromatic heterocycles. The maximum atomic E-state index is 12.3. The Hall–Kier alpha value is -1.76. The van der Waals surface area contributed by atoms with Crippen LogP contribution in [0, 0.1) is 0 Å². The number of nitrogens with one attached hydrogen (secondary N) is 2. The number of anilines is 1. The van der Waals surface area contributed by atoms with Crippen LogP contribution in [-0.2, 0) is 10.0 Å². The molecule has 0 amide bonds. The molecule has 0 radical (unpaired) electrons. The first-order valence-electron chi connectivity index (χ1n) is 5.86. The molecule has 0 bridgehead atoms. The largest absolute Gasteiger partial charge is 0.280 e. The van der Waals surface area contributed by atoms with Gasteiger partial charge in [0.25, 0.3) is 10.0 Å². The molecule has 2 N–H and O–H groups in total. The Bertz CT molecular complexity index is 902. The first-order valence-corrected chi connectivity index (χ1v) is 8.10. The van der Waals surface area contributed by atoms with Gasteiger partial charge in [-0.3, -0.25) is 9.82 Å². The fourth-order valence-electron chi connectivity index (χ4n) is 1.90. The molecular formula is C13H9Cl2N3O2S. The van der Waals surface area contributed by atoms with Crippen molar-refractivity contribution in [3.05, 3.63) is 52.6 Å². The molecule has 2 aromatic carbocycles. The first kappa shape index (κ1) is 14.2. The van der Waals surface area contributed by atoms with E-state index in [1.807, 2.05) is 0 Å². The van der Waals surface area contributed by atoms with Gasteiger partial charge in [-0.2, -0.15) is 5.10 Å². The highest BCUT2D eigenvalue weighted by molar-refractivity contribution is 7.92. The van der Waals surface area contributed by atoms with Crippen molar-refractivity contribution >= 4 is 49.8 Å². The fourth-order valence-corrected chi connectivity index (χ4v) is 3.68. The molecule has 0 saturated heterocycles. The predicted octanol–water partition coefficient (Wildman–Crippen LogP) is 3.67. The molecule has 0 unspecified atom stereocenters. The lowest BCUT2D eigenvalue weighted by atomic mass is 10.2. The number of sulfonamides is 1. The normalized spacial score (nSPS) is 11.7. The minimum absolute atomic E-state index is 0.00675. The van der Waals surface area contributed by atoms with Crippen molar-refractivity contribution in [1.29, 1.82) is 0 Å². The number of rotatable bonds is 3. The minimum Gasteiger partial charge on any atom is -0.280 e. The highest BCUT2D eigenvalue weighted by Crippen LogP contribution is 2.25. The van der Waals surface area contributed by atoms with Crippen molar-refractivity contribution in [3.63, 3.8) is 0 Å². The smallest absolute Gasteiger partial charge is 0.261 e. The van der Waals surface area contributed by atoms with E-state index in [1.54, 1.807) is 24.4 Å². The van der Waals surface area contributed by atoms with E-state index >= 15 is 0 Å². The molecule has 0 spiro atoms. The molecule has 5 nitrogen and oxygen atoms in total. The van der Waals surface area contributed by atoms with Crippen LogP contribution in [0.4, 0.5) is 5.69 Å². The summed E-state index contributed by atoms with van der Waals surface area (Å²) >= 11 is 11.7. The standard InChI is InChI=1S/C13H9Cl2N3O2S/c14-9-4-10(15)6-12(5-9)21(19,20)18-11-1-2-13-8(3-11)7-16-17-13/h1-7,18H,(H,16,17). The number of aromatic nitrogens is 2. The summed E-state index contributed by atoms with van der Waals surface area (Å²) in [5.41, 5.74) is 1.25. The second kappa shape index (κ2) is 5.22. The number of aromatic amines is 1. The third-order valence-corrected chi connectivity index (χ3v) is 4.64. The van der Waals surface area contributed by atoms with E-state index < -0.39 is 10.0 Å². The molecule has 21 heavy (non-hydrogen) atoms. The van der Waals surface area contributed by atoms with Crippen LogP contribution in [0.5, 0.6) is 0 Å². The lowest BCUT2D eigenvalue weighted by Gasteiger charge is -2.09.